The van der Waals surface area contributed by atoms with E-state index in [1.54, 1.807) is 6.07 Å². The maximum atomic E-state index is 13.0. The lowest BCUT2D eigenvalue weighted by atomic mass is 9.85. The Balaban J connectivity index is 1.60. The van der Waals surface area contributed by atoms with Crippen LogP contribution in [-0.4, -0.2) is 43.7 Å². The smallest absolute Gasteiger partial charge is 0.326 e. The first-order valence-corrected chi connectivity index (χ1v) is 9.72. The molecule has 1 aliphatic carbocycles. The Morgan fingerprint density at radius 1 is 1.07 bits per heavy atom. The summed E-state index contributed by atoms with van der Waals surface area (Å²) in [7, 11) is 0. The summed E-state index contributed by atoms with van der Waals surface area (Å²) < 4.78 is 1.14. The van der Waals surface area contributed by atoms with Gasteiger partial charge in [-0.15, -0.1) is 0 Å². The summed E-state index contributed by atoms with van der Waals surface area (Å²) in [5.41, 5.74) is 1.07. The van der Waals surface area contributed by atoms with E-state index in [1.807, 2.05) is 30.3 Å². The molecule has 2 fully saturated rings. The van der Waals surface area contributed by atoms with E-state index in [9.17, 15) is 19.5 Å². The maximum Gasteiger partial charge on any atom is 0.326 e. The normalized spacial score (nSPS) is 24.0. The van der Waals surface area contributed by atoms with E-state index in [0.717, 1.165) is 35.9 Å². The monoisotopic (exact) mass is 381 g/mol. The van der Waals surface area contributed by atoms with Gasteiger partial charge < -0.3 is 10.0 Å². The van der Waals surface area contributed by atoms with E-state index in [2.05, 4.69) is 5.10 Å². The number of hydrogen-bond acceptors (Lipinski definition) is 4. The van der Waals surface area contributed by atoms with Crippen molar-refractivity contribution in [1.29, 1.82) is 0 Å². The Morgan fingerprint density at radius 3 is 2.57 bits per heavy atom. The molecule has 7 heteroatoms. The number of fused-ring (bicyclic) bond motifs is 1. The average molecular weight is 381 g/mol. The minimum absolute atomic E-state index is 0.0460. The lowest BCUT2D eigenvalue weighted by Crippen LogP contribution is -2.48. The lowest BCUT2D eigenvalue weighted by molar-refractivity contribution is -0.150. The molecule has 1 saturated heterocycles. The van der Waals surface area contributed by atoms with Crippen LogP contribution in [0.1, 0.15) is 32.1 Å². The number of hydrogen-bond donors (Lipinski definition) is 1. The van der Waals surface area contributed by atoms with Gasteiger partial charge in [-0.05, 0) is 31.2 Å². The van der Waals surface area contributed by atoms with Gasteiger partial charge in [-0.3, -0.25) is 9.59 Å². The van der Waals surface area contributed by atoms with Gasteiger partial charge >= 0.3 is 5.97 Å². The summed E-state index contributed by atoms with van der Waals surface area (Å²) in [6.45, 7) is -0.244. The van der Waals surface area contributed by atoms with Crippen LogP contribution in [0.15, 0.2) is 47.3 Å². The Labute approximate surface area is 162 Å². The molecule has 2 aliphatic rings. The van der Waals surface area contributed by atoms with Crippen molar-refractivity contribution in [3.05, 3.63) is 52.8 Å². The van der Waals surface area contributed by atoms with Crippen LogP contribution in [0.2, 0.25) is 0 Å². The molecule has 0 spiro atoms. The SMILES string of the molecule is O=C(O)[C@@H]1C[C@@H]2CCCC[C@H]2N1C(=O)Cn1nc(-c2ccccc2)ccc1=O. The third-order valence-corrected chi connectivity index (χ3v) is 5.88. The van der Waals surface area contributed by atoms with Crippen molar-refractivity contribution >= 4 is 11.9 Å². The number of benzene rings is 1. The molecule has 1 aliphatic heterocycles. The van der Waals surface area contributed by atoms with Crippen molar-refractivity contribution < 1.29 is 14.7 Å². The fourth-order valence-corrected chi connectivity index (χ4v) is 4.57. The van der Waals surface area contributed by atoms with E-state index >= 15 is 0 Å². The highest BCUT2D eigenvalue weighted by atomic mass is 16.4. The van der Waals surface area contributed by atoms with Gasteiger partial charge in [0, 0.05) is 17.7 Å². The van der Waals surface area contributed by atoms with E-state index in [1.165, 1.54) is 11.0 Å². The summed E-state index contributed by atoms with van der Waals surface area (Å²) >= 11 is 0. The van der Waals surface area contributed by atoms with Gasteiger partial charge in [-0.25, -0.2) is 9.48 Å². The quantitative estimate of drug-likeness (QED) is 0.876. The molecule has 2 heterocycles. The van der Waals surface area contributed by atoms with E-state index in [-0.39, 0.29) is 30.0 Å². The third kappa shape index (κ3) is 3.44. The fraction of sp³-hybridized carbons (Fsp3) is 0.429. The largest absolute Gasteiger partial charge is 0.480 e. The van der Waals surface area contributed by atoms with Crippen molar-refractivity contribution in [2.45, 2.75) is 50.7 Å². The second kappa shape index (κ2) is 7.58. The molecule has 0 radical (unpaired) electrons. The van der Waals surface area contributed by atoms with Crippen LogP contribution in [0, 0.1) is 5.92 Å². The van der Waals surface area contributed by atoms with Gasteiger partial charge in [0.2, 0.25) is 5.91 Å². The first-order valence-electron chi connectivity index (χ1n) is 9.72. The highest BCUT2D eigenvalue weighted by Gasteiger charge is 2.47. The van der Waals surface area contributed by atoms with Crippen molar-refractivity contribution in [3.63, 3.8) is 0 Å². The van der Waals surface area contributed by atoms with Gasteiger partial charge in [-0.2, -0.15) is 5.10 Å². The van der Waals surface area contributed by atoms with Gasteiger partial charge in [0.25, 0.3) is 5.56 Å². The molecule has 0 unspecified atom stereocenters. The van der Waals surface area contributed by atoms with Crippen molar-refractivity contribution in [3.8, 4) is 11.3 Å². The van der Waals surface area contributed by atoms with Crippen molar-refractivity contribution in [1.82, 2.24) is 14.7 Å². The van der Waals surface area contributed by atoms with Crippen LogP contribution in [-0.2, 0) is 16.1 Å². The molecule has 7 nitrogen and oxygen atoms in total. The molecule has 0 bridgehead atoms. The Bertz CT molecular complexity index is 940. The van der Waals surface area contributed by atoms with Crippen molar-refractivity contribution in [2.75, 3.05) is 0 Å². The van der Waals surface area contributed by atoms with E-state index in [0.29, 0.717) is 12.1 Å². The number of nitrogens with zero attached hydrogens (tertiary/aromatic N) is 3. The molecular formula is C21H23N3O4. The molecule has 1 aromatic carbocycles. The Kier molecular flexibility index (Phi) is 4.98. The topological polar surface area (TPSA) is 92.5 Å². The van der Waals surface area contributed by atoms with Gasteiger partial charge in [0.15, 0.2) is 0 Å². The summed E-state index contributed by atoms with van der Waals surface area (Å²) in [5, 5.41) is 14.0. The van der Waals surface area contributed by atoms with Crippen LogP contribution in [0.5, 0.6) is 0 Å². The summed E-state index contributed by atoms with van der Waals surface area (Å²) in [6, 6.07) is 11.6. The minimum atomic E-state index is -0.971. The summed E-state index contributed by atoms with van der Waals surface area (Å²) in [5.74, 6) is -1.08. The molecule has 146 valence electrons. The Morgan fingerprint density at radius 2 is 1.82 bits per heavy atom. The highest BCUT2D eigenvalue weighted by molar-refractivity contribution is 5.84. The van der Waals surface area contributed by atoms with E-state index in [4.69, 9.17) is 0 Å². The minimum Gasteiger partial charge on any atom is -0.480 e. The van der Waals surface area contributed by atoms with Gasteiger partial charge in [0.05, 0.1) is 5.69 Å². The fourth-order valence-electron chi connectivity index (χ4n) is 4.57. The predicted octanol–water partition coefficient (Wildman–Crippen LogP) is 2.15. The third-order valence-electron chi connectivity index (χ3n) is 5.88. The zero-order chi connectivity index (χ0) is 19.7. The number of aromatic nitrogens is 2. The van der Waals surface area contributed by atoms with Crippen molar-refractivity contribution in [2.24, 2.45) is 5.92 Å². The number of rotatable bonds is 4. The molecule has 2 aromatic rings. The molecule has 1 saturated carbocycles. The number of carboxylic acids is 1. The van der Waals surface area contributed by atoms with Crippen LogP contribution < -0.4 is 5.56 Å². The van der Waals surface area contributed by atoms with Crippen LogP contribution in [0.25, 0.3) is 11.3 Å². The Hall–Kier alpha value is -2.96. The number of likely N-dealkylation sites (tertiary alicyclic amines) is 1. The van der Waals surface area contributed by atoms with Crippen LogP contribution in [0.4, 0.5) is 0 Å². The van der Waals surface area contributed by atoms with Crippen LogP contribution in [0.3, 0.4) is 0 Å². The summed E-state index contributed by atoms with van der Waals surface area (Å²) in [6.07, 6.45) is 4.36. The molecule has 3 atom stereocenters. The molecule has 4 rings (SSSR count). The average Bonchev–Trinajstić information content (AvgIpc) is 3.10. The molecule has 1 amide bonds. The first-order chi connectivity index (χ1) is 13.5. The lowest BCUT2D eigenvalue weighted by Gasteiger charge is -2.33. The van der Waals surface area contributed by atoms with Gasteiger partial charge in [-0.1, -0.05) is 43.2 Å². The standard InChI is InChI=1S/C21H23N3O4/c25-19-11-10-16(14-6-2-1-3-7-14)22-23(19)13-20(26)24-17-9-5-4-8-15(17)12-18(24)21(27)28/h1-3,6-7,10-11,15,17-18H,4-5,8-9,12-13H2,(H,27,28)/t15-,17+,18-/m0/s1. The highest BCUT2D eigenvalue weighted by Crippen LogP contribution is 2.39. The maximum absolute atomic E-state index is 13.0. The number of carbonyl (C=O) groups excluding carboxylic acids is 1. The molecule has 28 heavy (non-hydrogen) atoms. The second-order valence-electron chi connectivity index (χ2n) is 7.58. The van der Waals surface area contributed by atoms with E-state index < -0.39 is 12.0 Å². The zero-order valence-electron chi connectivity index (χ0n) is 15.5. The second-order valence-corrected chi connectivity index (χ2v) is 7.58. The molecule has 1 N–H and O–H groups in total. The zero-order valence-corrected chi connectivity index (χ0v) is 15.5. The number of amides is 1. The molecule has 1 aromatic heterocycles. The number of carbonyl (C=O) groups is 2. The van der Waals surface area contributed by atoms with Gasteiger partial charge in [0.1, 0.15) is 12.6 Å². The first kappa shape index (κ1) is 18.4. The molecular weight excluding hydrogens is 358 g/mol. The summed E-state index contributed by atoms with van der Waals surface area (Å²) in [4.78, 5) is 38.6. The number of aliphatic carboxylic acids is 1. The van der Waals surface area contributed by atoms with Crippen LogP contribution >= 0.6 is 0 Å². The number of carboxylic acid groups (broad SMARTS) is 1. The predicted molar refractivity (Wildman–Crippen MR) is 103 cm³/mol.